The van der Waals surface area contributed by atoms with Crippen molar-refractivity contribution in [3.05, 3.63) is 36.4 Å². The predicted octanol–water partition coefficient (Wildman–Crippen LogP) is 1.30. The first kappa shape index (κ1) is 10.8. The molecule has 0 spiro atoms. The van der Waals surface area contributed by atoms with Crippen molar-refractivity contribution in [2.24, 2.45) is 0 Å². The molecule has 0 atom stereocenters. The van der Waals surface area contributed by atoms with Gasteiger partial charge in [-0.3, -0.25) is 9.50 Å². The highest BCUT2D eigenvalue weighted by atomic mass is 32.2. The Bertz CT molecular complexity index is 706. The molecule has 0 aliphatic rings. The standard InChI is InChI=1S/C10H7N5O2S/c16-9(17)7-8(18-10-11-5-12-14-10)13-6-3-1-2-4-15(6)7/h1-5H,(H,16,17)(H,11,12,14). The summed E-state index contributed by atoms with van der Waals surface area (Å²) in [6.45, 7) is 0. The zero-order valence-corrected chi connectivity index (χ0v) is 9.76. The lowest BCUT2D eigenvalue weighted by atomic mass is 10.4. The number of nitrogens with one attached hydrogen (secondary N) is 1. The SMILES string of the molecule is O=C(O)c1c(Sc2ncn[nH]2)nc2ccccn12. The molecular formula is C10H7N5O2S. The molecule has 3 aromatic rings. The lowest BCUT2D eigenvalue weighted by Crippen LogP contribution is -2.02. The quantitative estimate of drug-likeness (QED) is 0.737. The molecular weight excluding hydrogens is 254 g/mol. The van der Waals surface area contributed by atoms with E-state index in [1.54, 1.807) is 24.4 Å². The second kappa shape index (κ2) is 4.15. The van der Waals surface area contributed by atoms with E-state index in [-0.39, 0.29) is 5.69 Å². The molecule has 0 saturated heterocycles. The van der Waals surface area contributed by atoms with Crippen LogP contribution < -0.4 is 0 Å². The number of aromatic carboxylic acids is 1. The lowest BCUT2D eigenvalue weighted by Gasteiger charge is -1.97. The van der Waals surface area contributed by atoms with Crippen LogP contribution in [0.2, 0.25) is 0 Å². The van der Waals surface area contributed by atoms with Crippen LogP contribution in [0.1, 0.15) is 10.5 Å². The van der Waals surface area contributed by atoms with Crippen LogP contribution in [-0.2, 0) is 0 Å². The van der Waals surface area contributed by atoms with E-state index in [0.717, 1.165) is 11.8 Å². The van der Waals surface area contributed by atoms with Gasteiger partial charge in [-0.2, -0.15) is 5.10 Å². The van der Waals surface area contributed by atoms with Crippen LogP contribution >= 0.6 is 11.8 Å². The summed E-state index contributed by atoms with van der Waals surface area (Å²) in [4.78, 5) is 19.5. The molecule has 0 fully saturated rings. The average Bonchev–Trinajstić information content (AvgIpc) is 2.95. The summed E-state index contributed by atoms with van der Waals surface area (Å²) in [5.74, 6) is -1.03. The van der Waals surface area contributed by atoms with E-state index in [4.69, 9.17) is 0 Å². The number of imidazole rings is 1. The number of aromatic nitrogens is 5. The van der Waals surface area contributed by atoms with Gasteiger partial charge in [-0.25, -0.2) is 14.8 Å². The molecule has 0 amide bonds. The second-order valence-electron chi connectivity index (χ2n) is 3.39. The highest BCUT2D eigenvalue weighted by Gasteiger charge is 2.19. The van der Waals surface area contributed by atoms with Gasteiger partial charge in [0.1, 0.15) is 17.0 Å². The number of carboxylic acid groups (broad SMARTS) is 1. The Labute approximate surface area is 105 Å². The van der Waals surface area contributed by atoms with Crippen molar-refractivity contribution in [3.63, 3.8) is 0 Å². The Balaban J connectivity index is 2.16. The van der Waals surface area contributed by atoms with Gasteiger partial charge in [0.25, 0.3) is 0 Å². The van der Waals surface area contributed by atoms with Crippen LogP contribution in [-0.4, -0.2) is 35.6 Å². The zero-order chi connectivity index (χ0) is 12.5. The minimum absolute atomic E-state index is 0.118. The topological polar surface area (TPSA) is 96.2 Å². The van der Waals surface area contributed by atoms with Crippen LogP contribution in [0.15, 0.2) is 40.9 Å². The van der Waals surface area contributed by atoms with Crippen molar-refractivity contribution in [1.82, 2.24) is 24.6 Å². The first-order valence-corrected chi connectivity index (χ1v) is 5.81. The third kappa shape index (κ3) is 1.72. The van der Waals surface area contributed by atoms with E-state index >= 15 is 0 Å². The van der Waals surface area contributed by atoms with E-state index in [1.165, 1.54) is 10.7 Å². The highest BCUT2D eigenvalue weighted by Crippen LogP contribution is 2.27. The number of H-pyrrole nitrogens is 1. The van der Waals surface area contributed by atoms with Crippen molar-refractivity contribution in [2.45, 2.75) is 10.2 Å². The van der Waals surface area contributed by atoms with E-state index in [0.29, 0.717) is 15.8 Å². The molecule has 3 rings (SSSR count). The van der Waals surface area contributed by atoms with Gasteiger partial charge < -0.3 is 5.11 Å². The molecule has 0 radical (unpaired) electrons. The Morgan fingerprint density at radius 3 is 3.06 bits per heavy atom. The van der Waals surface area contributed by atoms with Gasteiger partial charge in [0.05, 0.1) is 0 Å². The van der Waals surface area contributed by atoms with Crippen molar-refractivity contribution in [3.8, 4) is 0 Å². The molecule has 18 heavy (non-hydrogen) atoms. The summed E-state index contributed by atoms with van der Waals surface area (Å²) in [5.41, 5.74) is 0.698. The highest BCUT2D eigenvalue weighted by molar-refractivity contribution is 7.99. The number of rotatable bonds is 3. The molecule has 90 valence electrons. The third-order valence-corrected chi connectivity index (χ3v) is 3.15. The molecule has 7 nitrogen and oxygen atoms in total. The first-order valence-electron chi connectivity index (χ1n) is 4.99. The second-order valence-corrected chi connectivity index (χ2v) is 4.37. The summed E-state index contributed by atoms with van der Waals surface area (Å²) < 4.78 is 1.53. The van der Waals surface area contributed by atoms with E-state index in [2.05, 4.69) is 20.2 Å². The van der Waals surface area contributed by atoms with Crippen molar-refractivity contribution in [1.29, 1.82) is 0 Å². The van der Waals surface area contributed by atoms with Gasteiger partial charge >= 0.3 is 5.97 Å². The van der Waals surface area contributed by atoms with Gasteiger partial charge in [-0.15, -0.1) is 0 Å². The van der Waals surface area contributed by atoms with Crippen molar-refractivity contribution in [2.75, 3.05) is 0 Å². The number of nitrogens with zero attached hydrogens (tertiary/aromatic N) is 4. The van der Waals surface area contributed by atoms with Crippen molar-refractivity contribution < 1.29 is 9.90 Å². The minimum atomic E-state index is -1.03. The van der Waals surface area contributed by atoms with Crippen LogP contribution in [0, 0.1) is 0 Å². The van der Waals surface area contributed by atoms with Crippen molar-refractivity contribution >= 4 is 23.4 Å². The summed E-state index contributed by atoms with van der Waals surface area (Å²) in [6.07, 6.45) is 3.02. The first-order chi connectivity index (χ1) is 8.75. The Morgan fingerprint density at radius 1 is 1.44 bits per heavy atom. The van der Waals surface area contributed by atoms with Crippen LogP contribution in [0.4, 0.5) is 0 Å². The molecule has 0 aliphatic carbocycles. The third-order valence-electron chi connectivity index (χ3n) is 2.29. The Morgan fingerprint density at radius 2 is 2.33 bits per heavy atom. The summed E-state index contributed by atoms with van der Waals surface area (Å²) in [6, 6.07) is 5.30. The normalized spacial score (nSPS) is 10.9. The fourth-order valence-corrected chi connectivity index (χ4v) is 2.38. The molecule has 3 heterocycles. The molecule has 0 unspecified atom stereocenters. The molecule has 2 N–H and O–H groups in total. The number of hydrogen-bond donors (Lipinski definition) is 2. The largest absolute Gasteiger partial charge is 0.476 e. The van der Waals surface area contributed by atoms with E-state index < -0.39 is 5.97 Å². The fraction of sp³-hybridized carbons (Fsp3) is 0. The van der Waals surface area contributed by atoms with Gasteiger partial charge in [0.2, 0.25) is 0 Å². The number of carboxylic acids is 1. The van der Waals surface area contributed by atoms with Crippen LogP contribution in [0.3, 0.4) is 0 Å². The fourth-order valence-electron chi connectivity index (χ4n) is 1.57. The summed E-state index contributed by atoms with van der Waals surface area (Å²) in [7, 11) is 0. The average molecular weight is 261 g/mol. The van der Waals surface area contributed by atoms with Crippen LogP contribution in [0.5, 0.6) is 0 Å². The summed E-state index contributed by atoms with van der Waals surface area (Å²) in [5, 5.41) is 16.5. The molecule has 0 saturated carbocycles. The zero-order valence-electron chi connectivity index (χ0n) is 8.94. The molecule has 3 aromatic heterocycles. The van der Waals surface area contributed by atoms with E-state index in [9.17, 15) is 9.90 Å². The molecule has 0 bridgehead atoms. The lowest BCUT2D eigenvalue weighted by molar-refractivity contribution is 0.0685. The number of pyridine rings is 1. The van der Waals surface area contributed by atoms with Gasteiger partial charge in [0.15, 0.2) is 10.9 Å². The predicted molar refractivity (Wildman–Crippen MR) is 62.7 cm³/mol. The Hall–Kier alpha value is -2.35. The monoisotopic (exact) mass is 261 g/mol. The molecule has 0 aliphatic heterocycles. The van der Waals surface area contributed by atoms with Gasteiger partial charge in [0, 0.05) is 6.20 Å². The maximum atomic E-state index is 11.3. The number of hydrogen-bond acceptors (Lipinski definition) is 5. The maximum Gasteiger partial charge on any atom is 0.355 e. The maximum absolute atomic E-state index is 11.3. The van der Waals surface area contributed by atoms with Gasteiger partial charge in [-0.05, 0) is 23.9 Å². The smallest absolute Gasteiger partial charge is 0.355 e. The van der Waals surface area contributed by atoms with Gasteiger partial charge in [-0.1, -0.05) is 6.07 Å². The van der Waals surface area contributed by atoms with E-state index in [1.807, 2.05) is 0 Å². The minimum Gasteiger partial charge on any atom is -0.476 e. The Kier molecular flexibility index (Phi) is 2.49. The molecule has 0 aromatic carbocycles. The molecule has 8 heteroatoms. The number of fused-ring (bicyclic) bond motifs is 1. The number of carbonyl (C=O) groups is 1. The number of aromatic amines is 1. The van der Waals surface area contributed by atoms with Crippen LogP contribution in [0.25, 0.3) is 5.65 Å². The summed E-state index contributed by atoms with van der Waals surface area (Å²) >= 11 is 1.13.